The van der Waals surface area contributed by atoms with Crippen LogP contribution in [-0.4, -0.2) is 34.5 Å². The van der Waals surface area contributed by atoms with Gasteiger partial charge in [-0.25, -0.2) is 0 Å². The van der Waals surface area contributed by atoms with Gasteiger partial charge in [-0.15, -0.1) is 0 Å². The van der Waals surface area contributed by atoms with Crippen molar-refractivity contribution in [2.75, 3.05) is 7.05 Å². The molecule has 3 N–H and O–H groups in total. The fourth-order valence-electron chi connectivity index (χ4n) is 1.76. The van der Waals surface area contributed by atoms with E-state index in [9.17, 15) is 9.90 Å². The summed E-state index contributed by atoms with van der Waals surface area (Å²) in [6.07, 6.45) is 1.35. The van der Waals surface area contributed by atoms with Crippen LogP contribution < -0.4 is 5.73 Å². The molecule has 0 bridgehead atoms. The molecule has 0 unspecified atom stereocenters. The van der Waals surface area contributed by atoms with E-state index in [1.54, 1.807) is 36.2 Å². The van der Waals surface area contributed by atoms with Crippen LogP contribution in [0.3, 0.4) is 0 Å². The van der Waals surface area contributed by atoms with Crippen LogP contribution in [0.15, 0.2) is 24.3 Å². The quantitative estimate of drug-likeness (QED) is 0.853. The highest BCUT2D eigenvalue weighted by atomic mass is 16.3. The van der Waals surface area contributed by atoms with Crippen molar-refractivity contribution in [3.8, 4) is 5.75 Å². The molecule has 0 saturated carbocycles. The van der Waals surface area contributed by atoms with Crippen LogP contribution in [0.25, 0.3) is 0 Å². The molecule has 1 aromatic rings. The van der Waals surface area contributed by atoms with Crippen molar-refractivity contribution in [2.45, 2.75) is 45.2 Å². The zero-order chi connectivity index (χ0) is 14.6. The first-order chi connectivity index (χ1) is 8.77. The van der Waals surface area contributed by atoms with E-state index in [1.165, 1.54) is 0 Å². The van der Waals surface area contributed by atoms with Crippen molar-refractivity contribution < 1.29 is 9.90 Å². The number of carbonyl (C=O) groups is 1. The molecule has 19 heavy (non-hydrogen) atoms. The average Bonchev–Trinajstić information content (AvgIpc) is 2.39. The van der Waals surface area contributed by atoms with Gasteiger partial charge in [0.25, 0.3) is 0 Å². The molecule has 0 spiro atoms. The lowest BCUT2D eigenvalue weighted by molar-refractivity contribution is -0.136. The van der Waals surface area contributed by atoms with Gasteiger partial charge in [0.2, 0.25) is 5.91 Å². The molecule has 0 aliphatic heterocycles. The summed E-state index contributed by atoms with van der Waals surface area (Å²) in [5, 5.41) is 9.22. The van der Waals surface area contributed by atoms with Gasteiger partial charge in [0.1, 0.15) is 5.75 Å². The smallest absolute Gasteiger partial charge is 0.240 e. The minimum Gasteiger partial charge on any atom is -0.508 e. The van der Waals surface area contributed by atoms with Gasteiger partial charge in [0.15, 0.2) is 0 Å². The summed E-state index contributed by atoms with van der Waals surface area (Å²) in [6, 6.07) is 6.22. The Balaban J connectivity index is 2.70. The summed E-state index contributed by atoms with van der Waals surface area (Å²) >= 11 is 0. The van der Waals surface area contributed by atoms with Gasteiger partial charge in [0.05, 0.1) is 6.04 Å². The van der Waals surface area contributed by atoms with E-state index in [1.807, 2.05) is 13.8 Å². The van der Waals surface area contributed by atoms with Crippen molar-refractivity contribution >= 4 is 5.91 Å². The Bertz CT molecular complexity index is 426. The van der Waals surface area contributed by atoms with Gasteiger partial charge in [-0.1, -0.05) is 19.1 Å². The van der Waals surface area contributed by atoms with Crippen molar-refractivity contribution in [2.24, 2.45) is 5.73 Å². The number of aromatic hydroxyl groups is 1. The maximum absolute atomic E-state index is 12.3. The number of carbonyl (C=O) groups excluding carboxylic acids is 1. The highest BCUT2D eigenvalue weighted by Gasteiger charge is 2.28. The fraction of sp³-hybridized carbons (Fsp3) is 0.533. The molecular formula is C15H24N2O2. The van der Waals surface area contributed by atoms with E-state index in [-0.39, 0.29) is 17.2 Å². The zero-order valence-electron chi connectivity index (χ0n) is 12.2. The third-order valence-corrected chi connectivity index (χ3v) is 3.81. The normalized spacial score (nSPS) is 13.1. The summed E-state index contributed by atoms with van der Waals surface area (Å²) in [5.41, 5.74) is 6.74. The first-order valence-corrected chi connectivity index (χ1v) is 6.59. The molecule has 0 radical (unpaired) electrons. The predicted molar refractivity (Wildman–Crippen MR) is 76.9 cm³/mol. The van der Waals surface area contributed by atoms with Crippen molar-refractivity contribution in [3.05, 3.63) is 29.8 Å². The number of amides is 1. The molecule has 0 saturated heterocycles. The fourth-order valence-corrected chi connectivity index (χ4v) is 1.76. The molecule has 1 aromatic carbocycles. The highest BCUT2D eigenvalue weighted by Crippen LogP contribution is 2.18. The van der Waals surface area contributed by atoms with Crippen LogP contribution >= 0.6 is 0 Å². The predicted octanol–water partition coefficient (Wildman–Crippen LogP) is 1.91. The molecule has 0 aliphatic rings. The van der Waals surface area contributed by atoms with Gasteiger partial charge in [0, 0.05) is 12.6 Å². The second kappa shape index (κ2) is 6.06. The van der Waals surface area contributed by atoms with E-state index in [0.717, 1.165) is 12.0 Å². The van der Waals surface area contributed by atoms with Gasteiger partial charge in [-0.3, -0.25) is 4.79 Å². The Labute approximate surface area is 115 Å². The Kier molecular flexibility index (Phi) is 4.95. The number of phenolic OH excluding ortho intramolecular Hbond substituents is 1. The number of phenols is 1. The minimum atomic E-state index is -0.555. The largest absolute Gasteiger partial charge is 0.508 e. The van der Waals surface area contributed by atoms with Crippen molar-refractivity contribution in [3.63, 3.8) is 0 Å². The first-order valence-electron chi connectivity index (χ1n) is 6.59. The monoisotopic (exact) mass is 264 g/mol. The molecular weight excluding hydrogens is 240 g/mol. The van der Waals surface area contributed by atoms with Crippen molar-refractivity contribution in [1.29, 1.82) is 0 Å². The first kappa shape index (κ1) is 15.5. The molecule has 106 valence electrons. The van der Waals surface area contributed by atoms with Gasteiger partial charge in [-0.05, 0) is 44.4 Å². The number of likely N-dealkylation sites (N-methyl/N-ethyl adjacent to an activating group) is 1. The Morgan fingerprint density at radius 1 is 1.37 bits per heavy atom. The number of hydrogen-bond acceptors (Lipinski definition) is 3. The summed E-state index contributed by atoms with van der Waals surface area (Å²) < 4.78 is 0. The molecule has 0 fully saturated rings. The van der Waals surface area contributed by atoms with Crippen LogP contribution in [0.4, 0.5) is 0 Å². The van der Waals surface area contributed by atoms with E-state index < -0.39 is 6.04 Å². The number of benzene rings is 1. The molecule has 0 aliphatic carbocycles. The van der Waals surface area contributed by atoms with Gasteiger partial charge in [-0.2, -0.15) is 0 Å². The number of nitrogens with two attached hydrogens (primary N) is 1. The van der Waals surface area contributed by atoms with Crippen molar-refractivity contribution in [1.82, 2.24) is 4.90 Å². The lowest BCUT2D eigenvalue weighted by Crippen LogP contribution is -2.51. The number of nitrogens with zero attached hydrogens (tertiary/aromatic N) is 1. The lowest BCUT2D eigenvalue weighted by Gasteiger charge is -2.36. The minimum absolute atomic E-state index is 0.0556. The maximum atomic E-state index is 12.3. The molecule has 4 nitrogen and oxygen atoms in total. The highest BCUT2D eigenvalue weighted by molar-refractivity contribution is 5.82. The molecule has 1 atom stereocenters. The lowest BCUT2D eigenvalue weighted by atomic mass is 9.97. The molecule has 0 heterocycles. The van der Waals surface area contributed by atoms with Gasteiger partial charge < -0.3 is 15.7 Å². The van der Waals surface area contributed by atoms with E-state index in [2.05, 4.69) is 6.92 Å². The van der Waals surface area contributed by atoms with Crippen LogP contribution in [0.5, 0.6) is 5.75 Å². The van der Waals surface area contributed by atoms with E-state index >= 15 is 0 Å². The second-order valence-corrected chi connectivity index (χ2v) is 5.54. The number of rotatable bonds is 5. The molecule has 0 aromatic heterocycles. The molecule has 1 amide bonds. The molecule has 1 rings (SSSR count). The Hall–Kier alpha value is -1.55. The van der Waals surface area contributed by atoms with Crippen LogP contribution in [0, 0.1) is 0 Å². The van der Waals surface area contributed by atoms with Crippen LogP contribution in [0.1, 0.15) is 32.8 Å². The summed E-state index contributed by atoms with van der Waals surface area (Å²) in [5.74, 6) is 0.160. The van der Waals surface area contributed by atoms with Crippen LogP contribution in [0.2, 0.25) is 0 Å². The third kappa shape index (κ3) is 3.96. The topological polar surface area (TPSA) is 66.6 Å². The van der Waals surface area contributed by atoms with E-state index in [4.69, 9.17) is 5.73 Å². The average molecular weight is 264 g/mol. The Morgan fingerprint density at radius 3 is 2.37 bits per heavy atom. The summed E-state index contributed by atoms with van der Waals surface area (Å²) in [6.45, 7) is 6.10. The third-order valence-electron chi connectivity index (χ3n) is 3.81. The van der Waals surface area contributed by atoms with Gasteiger partial charge >= 0.3 is 0 Å². The number of hydrogen-bond donors (Lipinski definition) is 2. The second-order valence-electron chi connectivity index (χ2n) is 5.54. The zero-order valence-corrected chi connectivity index (χ0v) is 12.2. The standard InChI is InChI=1S/C15H24N2O2/c1-5-15(2,3)17(4)14(19)13(16)10-11-6-8-12(18)9-7-11/h6-9,13,18H,5,10,16H2,1-4H3/t13-/m1/s1. The Morgan fingerprint density at radius 2 is 1.89 bits per heavy atom. The maximum Gasteiger partial charge on any atom is 0.240 e. The van der Waals surface area contributed by atoms with Crippen LogP contribution in [-0.2, 0) is 11.2 Å². The summed E-state index contributed by atoms with van der Waals surface area (Å²) in [4.78, 5) is 14.0. The molecule has 4 heteroatoms. The van der Waals surface area contributed by atoms with E-state index in [0.29, 0.717) is 6.42 Å². The SMILES string of the molecule is CCC(C)(C)N(C)C(=O)[C@H](N)Cc1ccc(O)cc1. The summed E-state index contributed by atoms with van der Waals surface area (Å²) in [7, 11) is 1.79.